The maximum Gasteiger partial charge on any atom is 0.254 e. The van der Waals surface area contributed by atoms with E-state index in [1.165, 1.54) is 21.3 Å². The van der Waals surface area contributed by atoms with Gasteiger partial charge >= 0.3 is 0 Å². The smallest absolute Gasteiger partial charge is 0.254 e. The summed E-state index contributed by atoms with van der Waals surface area (Å²) < 4.78 is 22.0. The second-order valence-corrected chi connectivity index (χ2v) is 6.66. The van der Waals surface area contributed by atoms with Gasteiger partial charge in [-0.15, -0.1) is 0 Å². The first kappa shape index (κ1) is 19.8. The summed E-state index contributed by atoms with van der Waals surface area (Å²) in [6, 6.07) is 7.22. The van der Waals surface area contributed by atoms with Crippen molar-refractivity contribution < 1.29 is 23.7 Å². The molecule has 1 amide bonds. The molecule has 1 saturated heterocycles. The number of hydrogen-bond donors (Lipinski definition) is 0. The van der Waals surface area contributed by atoms with Crippen LogP contribution in [0.25, 0.3) is 0 Å². The summed E-state index contributed by atoms with van der Waals surface area (Å²) in [7, 11) is 4.61. The van der Waals surface area contributed by atoms with E-state index in [9.17, 15) is 4.79 Å². The highest BCUT2D eigenvalue weighted by molar-refractivity contribution is 5.95. The van der Waals surface area contributed by atoms with Crippen molar-refractivity contribution in [3.63, 3.8) is 0 Å². The number of carbonyl (C=O) groups is 1. The average Bonchev–Trinajstić information content (AvgIpc) is 2.74. The number of benzene rings is 1. The number of piperidine rings is 1. The van der Waals surface area contributed by atoms with Gasteiger partial charge in [-0.1, -0.05) is 0 Å². The fourth-order valence-corrected chi connectivity index (χ4v) is 3.28. The minimum absolute atomic E-state index is 0.0605. The highest BCUT2D eigenvalue weighted by atomic mass is 16.5. The van der Waals surface area contributed by atoms with Gasteiger partial charge in [0.15, 0.2) is 11.5 Å². The van der Waals surface area contributed by atoms with Crippen molar-refractivity contribution >= 4 is 5.91 Å². The van der Waals surface area contributed by atoms with E-state index in [-0.39, 0.29) is 12.0 Å². The molecule has 0 radical (unpaired) electrons. The number of likely N-dealkylation sites (tertiary alicyclic amines) is 1. The summed E-state index contributed by atoms with van der Waals surface area (Å²) in [6.45, 7) is 3.19. The van der Waals surface area contributed by atoms with Crippen LogP contribution in [-0.4, -0.2) is 56.3 Å². The fourth-order valence-electron chi connectivity index (χ4n) is 3.28. The second kappa shape index (κ2) is 8.82. The average molecular weight is 386 g/mol. The van der Waals surface area contributed by atoms with Gasteiger partial charge in [-0.25, -0.2) is 0 Å². The molecule has 2 aromatic rings. The van der Waals surface area contributed by atoms with Crippen LogP contribution in [0, 0.1) is 6.92 Å². The number of rotatable bonds is 6. The lowest BCUT2D eigenvalue weighted by molar-refractivity contribution is 0.0594. The number of ether oxygens (including phenoxy) is 4. The molecule has 0 unspecified atom stereocenters. The van der Waals surface area contributed by atoms with Crippen LogP contribution >= 0.6 is 0 Å². The Morgan fingerprint density at radius 1 is 1.04 bits per heavy atom. The third kappa shape index (κ3) is 4.30. The van der Waals surface area contributed by atoms with Crippen molar-refractivity contribution in [2.24, 2.45) is 0 Å². The van der Waals surface area contributed by atoms with Gasteiger partial charge in [0.05, 0.1) is 27.5 Å². The molecule has 0 bridgehead atoms. The van der Waals surface area contributed by atoms with E-state index in [0.717, 1.165) is 24.3 Å². The van der Waals surface area contributed by atoms with Crippen LogP contribution in [0.3, 0.4) is 0 Å². The normalized spacial score (nSPS) is 14.5. The summed E-state index contributed by atoms with van der Waals surface area (Å²) in [4.78, 5) is 19.0. The number of aryl methyl sites for hydroxylation is 1. The second-order valence-electron chi connectivity index (χ2n) is 6.66. The zero-order valence-corrected chi connectivity index (χ0v) is 16.7. The highest BCUT2D eigenvalue weighted by Gasteiger charge is 2.26. The molecule has 0 saturated carbocycles. The Hall–Kier alpha value is -2.96. The van der Waals surface area contributed by atoms with Crippen molar-refractivity contribution in [1.82, 2.24) is 9.88 Å². The molecule has 0 aliphatic carbocycles. The first-order chi connectivity index (χ1) is 13.5. The molecule has 1 aromatic heterocycles. The highest BCUT2D eigenvalue weighted by Crippen LogP contribution is 2.38. The summed E-state index contributed by atoms with van der Waals surface area (Å²) in [5.74, 6) is 2.11. The number of nitrogens with zero attached hydrogens (tertiary/aromatic N) is 2. The molecule has 1 aliphatic rings. The molecule has 0 spiro atoms. The lowest BCUT2D eigenvalue weighted by Gasteiger charge is -2.32. The summed E-state index contributed by atoms with van der Waals surface area (Å²) >= 11 is 0. The lowest BCUT2D eigenvalue weighted by atomic mass is 10.1. The van der Waals surface area contributed by atoms with Crippen LogP contribution < -0.4 is 18.9 Å². The number of aromatic nitrogens is 1. The van der Waals surface area contributed by atoms with E-state index in [2.05, 4.69) is 4.98 Å². The molecule has 0 atom stereocenters. The SMILES string of the molecule is COc1cc(C(=O)N2CCC(Oc3ccc(C)nc3)CC2)cc(OC)c1OC. The summed E-state index contributed by atoms with van der Waals surface area (Å²) in [5, 5.41) is 0. The topological polar surface area (TPSA) is 70.1 Å². The molecular formula is C21H26N2O5. The van der Waals surface area contributed by atoms with Crippen molar-refractivity contribution in [3.05, 3.63) is 41.7 Å². The molecule has 0 N–H and O–H groups in total. The molecule has 1 aromatic carbocycles. The third-order valence-corrected chi connectivity index (χ3v) is 4.83. The van der Waals surface area contributed by atoms with Crippen LogP contribution in [0.4, 0.5) is 0 Å². The van der Waals surface area contributed by atoms with Crippen LogP contribution in [0.2, 0.25) is 0 Å². The Balaban J connectivity index is 1.65. The Bertz CT molecular complexity index is 789. The van der Waals surface area contributed by atoms with Gasteiger partial charge < -0.3 is 23.8 Å². The van der Waals surface area contributed by atoms with Gasteiger partial charge in [-0.3, -0.25) is 9.78 Å². The molecule has 3 rings (SSSR count). The first-order valence-electron chi connectivity index (χ1n) is 9.24. The van der Waals surface area contributed by atoms with Crippen LogP contribution in [0.1, 0.15) is 28.9 Å². The van der Waals surface area contributed by atoms with Gasteiger partial charge in [0.2, 0.25) is 5.75 Å². The van der Waals surface area contributed by atoms with Crippen molar-refractivity contribution in [2.75, 3.05) is 34.4 Å². The first-order valence-corrected chi connectivity index (χ1v) is 9.24. The maximum atomic E-state index is 13.0. The Morgan fingerprint density at radius 2 is 1.68 bits per heavy atom. The molecule has 150 valence electrons. The largest absolute Gasteiger partial charge is 0.493 e. The van der Waals surface area contributed by atoms with Gasteiger partial charge in [0.1, 0.15) is 11.9 Å². The summed E-state index contributed by atoms with van der Waals surface area (Å²) in [5.41, 5.74) is 1.47. The molecule has 2 heterocycles. The number of pyridine rings is 1. The van der Waals surface area contributed by atoms with Gasteiger partial charge in [0, 0.05) is 37.2 Å². The minimum Gasteiger partial charge on any atom is -0.493 e. The predicted molar refractivity (Wildman–Crippen MR) is 105 cm³/mol. The van der Waals surface area contributed by atoms with Crippen molar-refractivity contribution in [1.29, 1.82) is 0 Å². The van der Waals surface area contributed by atoms with Gasteiger partial charge in [0.25, 0.3) is 5.91 Å². The predicted octanol–water partition coefficient (Wildman–Crippen LogP) is 3.10. The summed E-state index contributed by atoms with van der Waals surface area (Å²) in [6.07, 6.45) is 3.35. The van der Waals surface area contributed by atoms with Gasteiger partial charge in [-0.05, 0) is 31.2 Å². The van der Waals surface area contributed by atoms with Crippen LogP contribution in [0.5, 0.6) is 23.0 Å². The Kier molecular flexibility index (Phi) is 6.23. The number of carbonyl (C=O) groups excluding carboxylic acids is 1. The van der Waals surface area contributed by atoms with Crippen molar-refractivity contribution in [2.45, 2.75) is 25.9 Å². The standard InChI is InChI=1S/C21H26N2O5/c1-14-5-6-17(13-22-14)28-16-7-9-23(10-8-16)21(24)15-11-18(25-2)20(27-4)19(12-15)26-3/h5-6,11-13,16H,7-10H2,1-4H3. The minimum atomic E-state index is -0.0605. The van der Waals surface area contributed by atoms with Gasteiger partial charge in [-0.2, -0.15) is 0 Å². The zero-order chi connectivity index (χ0) is 20.1. The third-order valence-electron chi connectivity index (χ3n) is 4.83. The fraction of sp³-hybridized carbons (Fsp3) is 0.429. The monoisotopic (exact) mass is 386 g/mol. The van der Waals surface area contributed by atoms with E-state index in [0.29, 0.717) is 35.9 Å². The Labute approximate surface area is 165 Å². The lowest BCUT2D eigenvalue weighted by Crippen LogP contribution is -2.41. The molecule has 7 nitrogen and oxygen atoms in total. The van der Waals surface area contributed by atoms with E-state index in [1.54, 1.807) is 18.3 Å². The molecule has 28 heavy (non-hydrogen) atoms. The zero-order valence-electron chi connectivity index (χ0n) is 16.7. The number of hydrogen-bond acceptors (Lipinski definition) is 6. The van der Waals surface area contributed by atoms with E-state index in [1.807, 2.05) is 24.0 Å². The van der Waals surface area contributed by atoms with Crippen molar-refractivity contribution in [3.8, 4) is 23.0 Å². The Morgan fingerprint density at radius 3 is 2.18 bits per heavy atom. The number of amides is 1. The molecular weight excluding hydrogens is 360 g/mol. The van der Waals surface area contributed by atoms with E-state index < -0.39 is 0 Å². The van der Waals surface area contributed by atoms with E-state index in [4.69, 9.17) is 18.9 Å². The van der Waals surface area contributed by atoms with Crippen LogP contribution in [0.15, 0.2) is 30.5 Å². The maximum absolute atomic E-state index is 13.0. The van der Waals surface area contributed by atoms with Crippen LogP contribution in [-0.2, 0) is 0 Å². The quantitative estimate of drug-likeness (QED) is 0.760. The molecule has 1 fully saturated rings. The number of methoxy groups -OCH3 is 3. The molecule has 7 heteroatoms. The van der Waals surface area contributed by atoms with E-state index >= 15 is 0 Å². The molecule has 1 aliphatic heterocycles.